The van der Waals surface area contributed by atoms with E-state index in [0.29, 0.717) is 24.5 Å². The molecule has 1 fully saturated rings. The molecule has 31 heavy (non-hydrogen) atoms. The van der Waals surface area contributed by atoms with Crippen molar-refractivity contribution >= 4 is 5.91 Å². The molecule has 1 aliphatic heterocycles. The lowest BCUT2D eigenvalue weighted by Crippen LogP contribution is -2.32. The predicted octanol–water partition coefficient (Wildman–Crippen LogP) is 5.21. The fourth-order valence-electron chi connectivity index (χ4n) is 3.94. The minimum Gasteiger partial charge on any atom is -0.490 e. The van der Waals surface area contributed by atoms with E-state index in [1.165, 1.54) is 18.4 Å². The quantitative estimate of drug-likeness (QED) is 0.601. The number of amides is 1. The molecule has 1 amide bonds. The van der Waals surface area contributed by atoms with Gasteiger partial charge in [0.1, 0.15) is 0 Å². The first-order valence-electron chi connectivity index (χ1n) is 11.5. The SMILES string of the molecule is CCOc1ccc(C(C)NC(=O)c2ccc(CN3CCC(C)CC3)cc2)cc1OCC. The number of carbonyl (C=O) groups is 1. The van der Waals surface area contributed by atoms with Crippen LogP contribution in [0.1, 0.15) is 68.1 Å². The minimum atomic E-state index is -0.141. The number of piperidine rings is 1. The summed E-state index contributed by atoms with van der Waals surface area (Å²) >= 11 is 0. The monoisotopic (exact) mass is 424 g/mol. The zero-order valence-electron chi connectivity index (χ0n) is 19.3. The van der Waals surface area contributed by atoms with Crippen molar-refractivity contribution < 1.29 is 14.3 Å². The van der Waals surface area contributed by atoms with Gasteiger partial charge < -0.3 is 14.8 Å². The average molecular weight is 425 g/mol. The van der Waals surface area contributed by atoms with E-state index < -0.39 is 0 Å². The van der Waals surface area contributed by atoms with Gasteiger partial charge in [0, 0.05) is 12.1 Å². The summed E-state index contributed by atoms with van der Waals surface area (Å²) in [5, 5.41) is 3.09. The number of nitrogens with one attached hydrogen (secondary N) is 1. The second kappa shape index (κ2) is 11.2. The van der Waals surface area contributed by atoms with Gasteiger partial charge in [-0.1, -0.05) is 25.1 Å². The van der Waals surface area contributed by atoms with Crippen LogP contribution >= 0.6 is 0 Å². The molecule has 5 heteroatoms. The number of nitrogens with zero attached hydrogens (tertiary/aromatic N) is 1. The normalized spacial score (nSPS) is 16.0. The van der Waals surface area contributed by atoms with Crippen molar-refractivity contribution in [2.75, 3.05) is 26.3 Å². The first kappa shape index (κ1) is 23.1. The molecule has 3 rings (SSSR count). The van der Waals surface area contributed by atoms with Crippen molar-refractivity contribution in [1.82, 2.24) is 10.2 Å². The largest absolute Gasteiger partial charge is 0.490 e. The van der Waals surface area contributed by atoms with Gasteiger partial charge >= 0.3 is 0 Å². The Morgan fingerprint density at radius 3 is 2.32 bits per heavy atom. The van der Waals surface area contributed by atoms with Gasteiger partial charge in [0.15, 0.2) is 11.5 Å². The number of carbonyl (C=O) groups excluding carboxylic acids is 1. The second-order valence-electron chi connectivity index (χ2n) is 8.42. The molecule has 2 aromatic rings. The number of benzene rings is 2. The third-order valence-corrected chi connectivity index (χ3v) is 5.91. The van der Waals surface area contributed by atoms with Gasteiger partial charge in [0.05, 0.1) is 19.3 Å². The number of ether oxygens (including phenoxy) is 2. The van der Waals surface area contributed by atoms with E-state index in [-0.39, 0.29) is 11.9 Å². The Bertz CT molecular complexity index is 842. The average Bonchev–Trinajstić information content (AvgIpc) is 2.77. The van der Waals surface area contributed by atoms with Crippen molar-refractivity contribution in [3.63, 3.8) is 0 Å². The summed E-state index contributed by atoms with van der Waals surface area (Å²) in [6, 6.07) is 13.7. The summed E-state index contributed by atoms with van der Waals surface area (Å²) in [5.41, 5.74) is 2.92. The number of rotatable bonds is 9. The Labute approximate surface area is 186 Å². The molecule has 0 aromatic heterocycles. The molecule has 1 heterocycles. The number of hydrogen-bond donors (Lipinski definition) is 1. The van der Waals surface area contributed by atoms with Crippen molar-refractivity contribution in [1.29, 1.82) is 0 Å². The van der Waals surface area contributed by atoms with E-state index in [9.17, 15) is 4.79 Å². The lowest BCUT2D eigenvalue weighted by molar-refractivity contribution is 0.0939. The molecule has 1 N–H and O–H groups in total. The van der Waals surface area contributed by atoms with Crippen LogP contribution < -0.4 is 14.8 Å². The smallest absolute Gasteiger partial charge is 0.251 e. The van der Waals surface area contributed by atoms with Crippen LogP contribution in [0.2, 0.25) is 0 Å². The summed E-state index contributed by atoms with van der Waals surface area (Å²) in [6.07, 6.45) is 2.55. The fourth-order valence-corrected chi connectivity index (χ4v) is 3.94. The molecule has 0 bridgehead atoms. The highest BCUT2D eigenvalue weighted by atomic mass is 16.5. The van der Waals surface area contributed by atoms with E-state index in [4.69, 9.17) is 9.47 Å². The first-order chi connectivity index (χ1) is 15.0. The Morgan fingerprint density at radius 2 is 1.68 bits per heavy atom. The van der Waals surface area contributed by atoms with Crippen LogP contribution in [0.25, 0.3) is 0 Å². The predicted molar refractivity (Wildman–Crippen MR) is 125 cm³/mol. The van der Waals surface area contributed by atoms with E-state index in [1.807, 2.05) is 51.1 Å². The van der Waals surface area contributed by atoms with Crippen molar-refractivity contribution in [2.45, 2.75) is 53.1 Å². The summed E-state index contributed by atoms with van der Waals surface area (Å²) in [6.45, 7) is 12.6. The molecular formula is C26H36N2O3. The van der Waals surface area contributed by atoms with Crippen LogP contribution in [-0.2, 0) is 6.54 Å². The zero-order valence-corrected chi connectivity index (χ0v) is 19.3. The summed E-state index contributed by atoms with van der Waals surface area (Å²) in [5.74, 6) is 2.20. The maximum atomic E-state index is 12.8. The molecule has 5 nitrogen and oxygen atoms in total. The molecule has 0 radical (unpaired) electrons. The van der Waals surface area contributed by atoms with E-state index in [2.05, 4.69) is 29.3 Å². The molecular weight excluding hydrogens is 388 g/mol. The van der Waals surface area contributed by atoms with E-state index >= 15 is 0 Å². The fraction of sp³-hybridized carbons (Fsp3) is 0.500. The molecule has 2 aromatic carbocycles. The van der Waals surface area contributed by atoms with Crippen LogP contribution in [0.3, 0.4) is 0 Å². The Balaban J connectivity index is 1.59. The van der Waals surface area contributed by atoms with Crippen LogP contribution in [0.4, 0.5) is 0 Å². The van der Waals surface area contributed by atoms with Gasteiger partial charge in [0.2, 0.25) is 0 Å². The zero-order chi connectivity index (χ0) is 22.2. The third kappa shape index (κ3) is 6.47. The summed E-state index contributed by atoms with van der Waals surface area (Å²) < 4.78 is 11.3. The molecule has 1 unspecified atom stereocenters. The van der Waals surface area contributed by atoms with E-state index in [0.717, 1.165) is 36.9 Å². The molecule has 1 aliphatic rings. The molecule has 1 saturated heterocycles. The van der Waals surface area contributed by atoms with Crippen molar-refractivity contribution in [2.24, 2.45) is 5.92 Å². The maximum Gasteiger partial charge on any atom is 0.251 e. The topological polar surface area (TPSA) is 50.8 Å². The van der Waals surface area contributed by atoms with Crippen molar-refractivity contribution in [3.8, 4) is 11.5 Å². The Hall–Kier alpha value is -2.53. The highest BCUT2D eigenvalue weighted by molar-refractivity contribution is 5.94. The van der Waals surface area contributed by atoms with Gasteiger partial charge in [-0.15, -0.1) is 0 Å². The van der Waals surface area contributed by atoms with Crippen LogP contribution in [-0.4, -0.2) is 37.1 Å². The highest BCUT2D eigenvalue weighted by Crippen LogP contribution is 2.31. The lowest BCUT2D eigenvalue weighted by atomic mass is 9.99. The Kier molecular flexibility index (Phi) is 8.35. The second-order valence-corrected chi connectivity index (χ2v) is 8.42. The number of hydrogen-bond acceptors (Lipinski definition) is 4. The van der Waals surface area contributed by atoms with Gasteiger partial charge in [-0.2, -0.15) is 0 Å². The highest BCUT2D eigenvalue weighted by Gasteiger charge is 2.17. The van der Waals surface area contributed by atoms with Crippen molar-refractivity contribution in [3.05, 3.63) is 59.2 Å². The maximum absolute atomic E-state index is 12.8. The minimum absolute atomic E-state index is 0.0716. The molecule has 1 atom stereocenters. The summed E-state index contributed by atoms with van der Waals surface area (Å²) in [4.78, 5) is 15.3. The van der Waals surface area contributed by atoms with Crippen LogP contribution in [0.5, 0.6) is 11.5 Å². The number of likely N-dealkylation sites (tertiary alicyclic amines) is 1. The molecule has 0 spiro atoms. The first-order valence-corrected chi connectivity index (χ1v) is 11.5. The van der Waals surface area contributed by atoms with Gasteiger partial charge in [-0.25, -0.2) is 0 Å². The summed E-state index contributed by atoms with van der Waals surface area (Å²) in [7, 11) is 0. The van der Waals surface area contributed by atoms with Crippen LogP contribution in [0, 0.1) is 5.92 Å². The third-order valence-electron chi connectivity index (χ3n) is 5.91. The van der Waals surface area contributed by atoms with Crippen LogP contribution in [0.15, 0.2) is 42.5 Å². The van der Waals surface area contributed by atoms with Gasteiger partial charge in [0.25, 0.3) is 5.91 Å². The van der Waals surface area contributed by atoms with Gasteiger partial charge in [-0.3, -0.25) is 9.69 Å². The molecule has 0 saturated carbocycles. The Morgan fingerprint density at radius 1 is 1.03 bits per heavy atom. The van der Waals surface area contributed by atoms with E-state index in [1.54, 1.807) is 0 Å². The van der Waals surface area contributed by atoms with Gasteiger partial charge in [-0.05, 0) is 88.0 Å². The molecule has 0 aliphatic carbocycles. The standard InChI is InChI=1S/C26H36N2O3/c1-5-30-24-12-11-23(17-25(24)31-6-2)20(4)27-26(29)22-9-7-21(8-10-22)18-28-15-13-19(3)14-16-28/h7-12,17,19-20H,5-6,13-16,18H2,1-4H3,(H,27,29). The molecule has 168 valence electrons. The lowest BCUT2D eigenvalue weighted by Gasteiger charge is -2.30.